The molecule has 1 aromatic carbocycles. The van der Waals surface area contributed by atoms with E-state index >= 15 is 0 Å². The van der Waals surface area contributed by atoms with Crippen molar-refractivity contribution in [3.05, 3.63) is 58.6 Å². The average molecular weight is 638 g/mol. The van der Waals surface area contributed by atoms with Crippen molar-refractivity contribution in [3.8, 4) is 0 Å². The van der Waals surface area contributed by atoms with Gasteiger partial charge in [-0.25, -0.2) is 9.78 Å². The number of hydrogen-bond acceptors (Lipinski definition) is 7. The molecule has 0 bridgehead atoms. The molecule has 5 rings (SSSR count). The molecule has 0 saturated carbocycles. The van der Waals surface area contributed by atoms with Crippen molar-refractivity contribution >= 4 is 40.4 Å². The maximum absolute atomic E-state index is 14.0. The number of hydrogen-bond donors (Lipinski definition) is 1. The Kier molecular flexibility index (Phi) is 10.3. The number of para-hydroxylation sites is 1. The molecule has 2 saturated heterocycles. The zero-order valence-electron chi connectivity index (χ0n) is 27.7. The fraction of sp³-hybridized carbons (Fsp3) is 0.588. The van der Waals surface area contributed by atoms with E-state index in [0.29, 0.717) is 38.1 Å². The first-order valence-electron chi connectivity index (χ1n) is 16.2. The third-order valence-electron chi connectivity index (χ3n) is 8.98. The van der Waals surface area contributed by atoms with Crippen molar-refractivity contribution in [3.63, 3.8) is 0 Å². The van der Waals surface area contributed by atoms with Gasteiger partial charge < -0.3 is 19.6 Å². The van der Waals surface area contributed by atoms with Crippen molar-refractivity contribution in [2.24, 2.45) is 5.41 Å². The average Bonchev–Trinajstić information content (AvgIpc) is 3.50. The van der Waals surface area contributed by atoms with Gasteiger partial charge >= 0.3 is 5.69 Å². The molecule has 2 atom stereocenters. The number of imidazole rings is 1. The Labute approximate surface area is 272 Å². The smallest absolute Gasteiger partial charge is 0.327 e. The summed E-state index contributed by atoms with van der Waals surface area (Å²) < 4.78 is 1.78. The van der Waals surface area contributed by atoms with E-state index in [-0.39, 0.29) is 42.2 Å². The summed E-state index contributed by atoms with van der Waals surface area (Å²) in [4.78, 5) is 55.8. The summed E-state index contributed by atoms with van der Waals surface area (Å²) in [5.41, 5.74) is 3.57. The van der Waals surface area contributed by atoms with E-state index in [2.05, 4.69) is 85.9 Å². The largest absolute Gasteiger partial charge is 0.374 e. The van der Waals surface area contributed by atoms with Crippen molar-refractivity contribution in [2.75, 3.05) is 58.8 Å². The van der Waals surface area contributed by atoms with Crippen LogP contribution in [-0.2, 0) is 9.59 Å². The van der Waals surface area contributed by atoms with E-state index in [4.69, 9.17) is 0 Å². The van der Waals surface area contributed by atoms with Crippen LogP contribution >= 0.6 is 11.8 Å². The van der Waals surface area contributed by atoms with Gasteiger partial charge in [0.1, 0.15) is 5.37 Å². The number of piperidine rings is 1. The summed E-state index contributed by atoms with van der Waals surface area (Å²) in [6, 6.07) is 12.2. The van der Waals surface area contributed by atoms with Crippen LogP contribution in [-0.4, -0.2) is 100 Å². The van der Waals surface area contributed by atoms with Crippen LogP contribution in [0.5, 0.6) is 0 Å². The molecule has 2 aromatic heterocycles. The first kappa shape index (κ1) is 33.1. The molecule has 2 amide bonds. The van der Waals surface area contributed by atoms with Crippen molar-refractivity contribution in [1.82, 2.24) is 29.2 Å². The zero-order valence-corrected chi connectivity index (χ0v) is 28.5. The molecule has 2 fully saturated rings. The molecule has 246 valence electrons. The van der Waals surface area contributed by atoms with Crippen LogP contribution in [0.15, 0.2) is 47.4 Å². The Hall–Kier alpha value is -3.31. The number of benzene rings is 1. The van der Waals surface area contributed by atoms with E-state index in [1.165, 1.54) is 0 Å². The number of nitrogens with one attached hydrogen (secondary N) is 1. The van der Waals surface area contributed by atoms with Crippen LogP contribution in [0.25, 0.3) is 11.2 Å². The number of rotatable bonds is 11. The lowest BCUT2D eigenvalue weighted by atomic mass is 9.92. The number of fused-ring (bicyclic) bond motifs is 1. The summed E-state index contributed by atoms with van der Waals surface area (Å²) >= 11 is 1.62. The van der Waals surface area contributed by atoms with Gasteiger partial charge in [-0.2, -0.15) is 0 Å². The van der Waals surface area contributed by atoms with Gasteiger partial charge in [-0.05, 0) is 69.9 Å². The molecule has 45 heavy (non-hydrogen) atoms. The number of pyridine rings is 1. The lowest BCUT2D eigenvalue weighted by Crippen LogP contribution is -2.42. The Bertz CT molecular complexity index is 1540. The molecule has 10 nitrogen and oxygen atoms in total. The highest BCUT2D eigenvalue weighted by molar-refractivity contribution is 8.01. The van der Waals surface area contributed by atoms with Crippen molar-refractivity contribution in [1.29, 1.82) is 0 Å². The lowest BCUT2D eigenvalue weighted by molar-refractivity contribution is -0.136. The van der Waals surface area contributed by atoms with Gasteiger partial charge in [0.2, 0.25) is 11.8 Å². The molecule has 0 spiro atoms. The van der Waals surface area contributed by atoms with Gasteiger partial charge in [-0.15, -0.1) is 11.8 Å². The van der Waals surface area contributed by atoms with Crippen LogP contribution in [0.1, 0.15) is 71.3 Å². The van der Waals surface area contributed by atoms with E-state index < -0.39 is 5.25 Å². The fourth-order valence-electron chi connectivity index (χ4n) is 6.42. The molecule has 2 aliphatic rings. The molecule has 1 N–H and O–H groups in total. The number of thioether (sulfide) groups is 1. The highest BCUT2D eigenvalue weighted by Gasteiger charge is 2.43. The molecule has 3 aromatic rings. The van der Waals surface area contributed by atoms with Crippen LogP contribution < -0.4 is 10.6 Å². The maximum atomic E-state index is 14.0. The summed E-state index contributed by atoms with van der Waals surface area (Å²) in [5.74, 6) is 0.0677. The van der Waals surface area contributed by atoms with Crippen molar-refractivity contribution < 1.29 is 11.0 Å². The van der Waals surface area contributed by atoms with Crippen LogP contribution in [0.2, 0.25) is 0 Å². The van der Waals surface area contributed by atoms with Crippen molar-refractivity contribution in [2.45, 2.75) is 69.5 Å². The second-order valence-corrected chi connectivity index (χ2v) is 15.2. The highest BCUT2D eigenvalue weighted by atomic mass is 32.2. The van der Waals surface area contributed by atoms with E-state index in [1.54, 1.807) is 22.5 Å². The molecule has 2 aliphatic heterocycles. The first-order chi connectivity index (χ1) is 21.4. The molecule has 0 aliphatic carbocycles. The molecule has 2 unspecified atom stereocenters. The van der Waals surface area contributed by atoms with Crippen LogP contribution in [0.4, 0.5) is 5.69 Å². The predicted octanol–water partition coefficient (Wildman–Crippen LogP) is 4.99. The van der Waals surface area contributed by atoms with E-state index in [0.717, 1.165) is 42.7 Å². The number of aromatic nitrogens is 3. The molecular weight excluding hydrogens is 586 g/mol. The van der Waals surface area contributed by atoms with Gasteiger partial charge in [0.05, 0.1) is 10.8 Å². The summed E-state index contributed by atoms with van der Waals surface area (Å²) in [6.07, 6.45) is 5.16. The third kappa shape index (κ3) is 7.74. The highest BCUT2D eigenvalue weighted by Crippen LogP contribution is 2.47. The van der Waals surface area contributed by atoms with Gasteiger partial charge in [-0.3, -0.25) is 19.1 Å². The number of amides is 2. The number of likely N-dealkylation sites (tertiary alicyclic amines) is 1. The van der Waals surface area contributed by atoms with E-state index in [1.807, 2.05) is 21.9 Å². The van der Waals surface area contributed by atoms with Gasteiger partial charge in [0.15, 0.2) is 5.65 Å². The number of carbonyl (C=O) groups excluding carboxylic acids is 2. The van der Waals surface area contributed by atoms with Gasteiger partial charge in [-0.1, -0.05) is 39.0 Å². The van der Waals surface area contributed by atoms with Gasteiger partial charge in [0, 0.05) is 64.6 Å². The van der Waals surface area contributed by atoms with Crippen LogP contribution in [0.3, 0.4) is 0 Å². The molecule has 0 radical (unpaired) electrons. The summed E-state index contributed by atoms with van der Waals surface area (Å²) in [7, 11) is 6.31. The third-order valence-corrected chi connectivity index (χ3v) is 10.4. The SMILES string of the molecule is CN(C)CCCN(C)c1ccccc1C1SC(CC(=O)N2CCC(n3c(=O)[nH]c4ncccc43)CC2)C(=O)N1CCC(C)(C)C.[HH]. The fourth-order valence-corrected chi connectivity index (χ4v) is 7.92. The molecule has 4 heterocycles. The Morgan fingerprint density at radius 3 is 2.51 bits per heavy atom. The number of anilines is 1. The number of nitrogens with zero attached hydrogens (tertiary/aromatic N) is 6. The molecular formula is C34H51N7O3S. The number of aromatic amines is 1. The second kappa shape index (κ2) is 14.0. The Morgan fingerprint density at radius 1 is 1.07 bits per heavy atom. The lowest BCUT2D eigenvalue weighted by Gasteiger charge is -2.33. The minimum absolute atomic E-state index is 0. The Balaban J connectivity index is 0.00000480. The number of carbonyl (C=O) groups is 2. The minimum atomic E-state index is -0.422. The monoisotopic (exact) mass is 637 g/mol. The predicted molar refractivity (Wildman–Crippen MR) is 185 cm³/mol. The Morgan fingerprint density at radius 2 is 1.80 bits per heavy atom. The second-order valence-electron chi connectivity index (χ2n) is 13.9. The minimum Gasteiger partial charge on any atom is -0.374 e. The normalized spacial score (nSPS) is 19.7. The quantitative estimate of drug-likeness (QED) is 0.316. The molecule has 11 heteroatoms. The maximum Gasteiger partial charge on any atom is 0.327 e. The number of H-pyrrole nitrogens is 1. The summed E-state index contributed by atoms with van der Waals surface area (Å²) in [6.45, 7) is 10.3. The van der Waals surface area contributed by atoms with Crippen LogP contribution in [0, 0.1) is 5.41 Å². The van der Waals surface area contributed by atoms with Gasteiger partial charge in [0.25, 0.3) is 0 Å². The zero-order chi connectivity index (χ0) is 32.3. The van der Waals surface area contributed by atoms with E-state index in [9.17, 15) is 14.4 Å². The topological polar surface area (TPSA) is 97.8 Å². The standard InChI is InChI=1S/C34H49N7O3S.H2/c1-34(2,3)16-22-40-31(43)28(45-32(40)25-11-7-8-12-26(25)38(6)19-10-18-37(4)5)23-29(42)39-20-14-24(15-21-39)41-27-13-9-17-35-30(27)36-33(41)44;/h7-9,11-13,17,24,28,32H,10,14-16,18-23H2,1-6H3,(H,35,36,44);1H. The summed E-state index contributed by atoms with van der Waals surface area (Å²) in [5, 5.41) is -0.562. The first-order valence-corrected chi connectivity index (χ1v) is 17.1.